The number of carbonyl (C=O) groups is 2. The van der Waals surface area contributed by atoms with Crippen LogP contribution in [0.1, 0.15) is 40.0 Å². The van der Waals surface area contributed by atoms with Gasteiger partial charge in [0, 0.05) is 6.04 Å². The van der Waals surface area contributed by atoms with E-state index >= 15 is 0 Å². The molecule has 19 heavy (non-hydrogen) atoms. The summed E-state index contributed by atoms with van der Waals surface area (Å²) in [5.41, 5.74) is 0. The zero-order chi connectivity index (χ0) is 14.4. The number of aliphatic carboxylic acids is 1. The number of rotatable bonds is 6. The van der Waals surface area contributed by atoms with Crippen LogP contribution >= 0.6 is 0 Å². The number of amides is 2. The van der Waals surface area contributed by atoms with Crippen molar-refractivity contribution in [1.82, 2.24) is 10.6 Å². The smallest absolute Gasteiger partial charge is 0.315 e. The molecule has 2 amide bonds. The summed E-state index contributed by atoms with van der Waals surface area (Å²) in [6, 6.07) is -0.288. The Morgan fingerprint density at radius 1 is 1.37 bits per heavy atom. The van der Waals surface area contributed by atoms with Gasteiger partial charge < -0.3 is 15.7 Å². The first-order valence-electron chi connectivity index (χ1n) is 6.90. The lowest BCUT2D eigenvalue weighted by Gasteiger charge is -2.19. The van der Waals surface area contributed by atoms with Crippen LogP contribution in [0.3, 0.4) is 0 Å². The van der Waals surface area contributed by atoms with Crippen molar-refractivity contribution in [3.8, 4) is 0 Å². The van der Waals surface area contributed by atoms with Gasteiger partial charge in [-0.05, 0) is 25.7 Å². The number of hydrogen-bond acceptors (Lipinski definition) is 2. The van der Waals surface area contributed by atoms with E-state index in [0.29, 0.717) is 12.3 Å². The molecule has 5 heteroatoms. The normalized spacial score (nSPS) is 24.8. The quantitative estimate of drug-likeness (QED) is 0.646. The number of hydrogen-bond donors (Lipinski definition) is 3. The first-order chi connectivity index (χ1) is 8.92. The van der Waals surface area contributed by atoms with Gasteiger partial charge in [0.1, 0.15) is 0 Å². The van der Waals surface area contributed by atoms with Crippen LogP contribution in [0.4, 0.5) is 4.79 Å². The highest BCUT2D eigenvalue weighted by atomic mass is 16.4. The maximum atomic E-state index is 11.8. The second-order valence-electron chi connectivity index (χ2n) is 5.44. The van der Waals surface area contributed by atoms with Gasteiger partial charge in [0.2, 0.25) is 0 Å². The summed E-state index contributed by atoms with van der Waals surface area (Å²) >= 11 is 0. The minimum Gasteiger partial charge on any atom is -0.481 e. The van der Waals surface area contributed by atoms with Gasteiger partial charge in [-0.3, -0.25) is 4.79 Å². The number of nitrogens with one attached hydrogen (secondary N) is 2. The second-order valence-corrected chi connectivity index (χ2v) is 5.44. The van der Waals surface area contributed by atoms with Crippen LogP contribution in [0.5, 0.6) is 0 Å². The zero-order valence-electron chi connectivity index (χ0n) is 11.8. The summed E-state index contributed by atoms with van der Waals surface area (Å²) < 4.78 is 0. The van der Waals surface area contributed by atoms with E-state index in [1.165, 1.54) is 0 Å². The maximum absolute atomic E-state index is 11.8. The van der Waals surface area contributed by atoms with E-state index in [1.807, 2.05) is 6.92 Å². The van der Waals surface area contributed by atoms with Crippen LogP contribution < -0.4 is 10.6 Å². The SMILES string of the molecule is CCC(C)CC(C)NC(=O)NC1C=CC(C(=O)O)C1. The van der Waals surface area contributed by atoms with E-state index in [-0.39, 0.29) is 18.1 Å². The lowest BCUT2D eigenvalue weighted by Crippen LogP contribution is -2.45. The fourth-order valence-corrected chi connectivity index (χ4v) is 2.25. The zero-order valence-corrected chi connectivity index (χ0v) is 11.8. The van der Waals surface area contributed by atoms with Crippen LogP contribution in [0.2, 0.25) is 0 Å². The number of urea groups is 1. The van der Waals surface area contributed by atoms with Gasteiger partial charge in [-0.25, -0.2) is 4.79 Å². The predicted octanol–water partition coefficient (Wildman–Crippen LogP) is 2.14. The van der Waals surface area contributed by atoms with Gasteiger partial charge >= 0.3 is 12.0 Å². The van der Waals surface area contributed by atoms with Crippen LogP contribution in [0.15, 0.2) is 12.2 Å². The third-order valence-electron chi connectivity index (χ3n) is 3.55. The first kappa shape index (κ1) is 15.5. The third kappa shape index (κ3) is 5.32. The molecule has 0 heterocycles. The Balaban J connectivity index is 2.29. The van der Waals surface area contributed by atoms with Crippen molar-refractivity contribution in [3.05, 3.63) is 12.2 Å². The molecule has 0 aromatic carbocycles. The molecule has 3 N–H and O–H groups in total. The number of carboxylic acid groups (broad SMARTS) is 1. The van der Waals surface area contributed by atoms with Gasteiger partial charge in [-0.2, -0.15) is 0 Å². The Morgan fingerprint density at radius 2 is 2.05 bits per heavy atom. The third-order valence-corrected chi connectivity index (χ3v) is 3.55. The lowest BCUT2D eigenvalue weighted by atomic mass is 10.0. The molecule has 1 aliphatic rings. The predicted molar refractivity (Wildman–Crippen MR) is 73.9 cm³/mol. The van der Waals surface area contributed by atoms with Gasteiger partial charge in [0.15, 0.2) is 0 Å². The Labute approximate surface area is 114 Å². The molecule has 4 atom stereocenters. The molecule has 1 rings (SSSR count). The van der Waals surface area contributed by atoms with Crippen molar-refractivity contribution in [3.63, 3.8) is 0 Å². The Bertz CT molecular complexity index is 355. The lowest BCUT2D eigenvalue weighted by molar-refractivity contribution is -0.140. The van der Waals surface area contributed by atoms with Crippen LogP contribution in [0.25, 0.3) is 0 Å². The average Bonchev–Trinajstić information content (AvgIpc) is 2.76. The molecule has 0 radical (unpaired) electrons. The molecule has 4 unspecified atom stereocenters. The Kier molecular flexibility index (Phi) is 5.86. The molecule has 0 aromatic rings. The Morgan fingerprint density at radius 3 is 2.58 bits per heavy atom. The van der Waals surface area contributed by atoms with E-state index in [2.05, 4.69) is 24.5 Å². The first-order valence-corrected chi connectivity index (χ1v) is 6.90. The fraction of sp³-hybridized carbons (Fsp3) is 0.714. The molecule has 0 spiro atoms. The highest BCUT2D eigenvalue weighted by Gasteiger charge is 2.25. The van der Waals surface area contributed by atoms with E-state index in [9.17, 15) is 9.59 Å². The summed E-state index contributed by atoms with van der Waals surface area (Å²) in [4.78, 5) is 22.5. The highest BCUT2D eigenvalue weighted by molar-refractivity contribution is 5.76. The average molecular weight is 268 g/mol. The highest BCUT2D eigenvalue weighted by Crippen LogP contribution is 2.17. The minimum absolute atomic E-state index is 0.121. The standard InChI is InChI=1S/C14H24N2O3/c1-4-9(2)7-10(3)15-14(19)16-12-6-5-11(8-12)13(17)18/h5-6,9-12H,4,7-8H2,1-3H3,(H,17,18)(H2,15,16,19). The molecule has 0 saturated heterocycles. The second kappa shape index (κ2) is 7.16. The summed E-state index contributed by atoms with van der Waals surface area (Å²) in [5, 5.41) is 14.5. The monoisotopic (exact) mass is 268 g/mol. The molecular weight excluding hydrogens is 244 g/mol. The van der Waals surface area contributed by atoms with Crippen LogP contribution in [-0.2, 0) is 4.79 Å². The van der Waals surface area contributed by atoms with Gasteiger partial charge in [-0.1, -0.05) is 32.4 Å². The number of carbonyl (C=O) groups excluding carboxylic acids is 1. The summed E-state index contributed by atoms with van der Waals surface area (Å²) in [6.45, 7) is 6.27. The van der Waals surface area contributed by atoms with Crippen molar-refractivity contribution < 1.29 is 14.7 Å². The molecule has 0 fully saturated rings. The molecule has 108 valence electrons. The van der Waals surface area contributed by atoms with Gasteiger partial charge in [0.05, 0.1) is 12.0 Å². The van der Waals surface area contributed by atoms with Crippen molar-refractivity contribution >= 4 is 12.0 Å². The molecule has 0 saturated carbocycles. The van der Waals surface area contributed by atoms with Crippen LogP contribution in [0, 0.1) is 11.8 Å². The van der Waals surface area contributed by atoms with Gasteiger partial charge in [-0.15, -0.1) is 0 Å². The summed E-state index contributed by atoms with van der Waals surface area (Å²) in [7, 11) is 0. The molecular formula is C14H24N2O3. The Hall–Kier alpha value is -1.52. The minimum atomic E-state index is -0.842. The number of carboxylic acids is 1. The summed E-state index contributed by atoms with van der Waals surface area (Å²) in [6.07, 6.45) is 5.86. The van der Waals surface area contributed by atoms with Crippen molar-refractivity contribution in [2.45, 2.75) is 52.1 Å². The largest absolute Gasteiger partial charge is 0.481 e. The fourth-order valence-electron chi connectivity index (χ4n) is 2.25. The van der Waals surface area contributed by atoms with Crippen molar-refractivity contribution in [1.29, 1.82) is 0 Å². The van der Waals surface area contributed by atoms with Crippen molar-refractivity contribution in [2.24, 2.45) is 11.8 Å². The molecule has 0 aromatic heterocycles. The van der Waals surface area contributed by atoms with Crippen LogP contribution in [-0.4, -0.2) is 29.2 Å². The van der Waals surface area contributed by atoms with E-state index < -0.39 is 11.9 Å². The van der Waals surface area contributed by atoms with E-state index in [0.717, 1.165) is 12.8 Å². The van der Waals surface area contributed by atoms with E-state index in [1.54, 1.807) is 12.2 Å². The topological polar surface area (TPSA) is 78.4 Å². The summed E-state index contributed by atoms with van der Waals surface area (Å²) in [5.74, 6) is -0.744. The van der Waals surface area contributed by atoms with Gasteiger partial charge in [0.25, 0.3) is 0 Å². The molecule has 0 aliphatic heterocycles. The molecule has 5 nitrogen and oxygen atoms in total. The molecule has 0 bridgehead atoms. The van der Waals surface area contributed by atoms with Crippen molar-refractivity contribution in [2.75, 3.05) is 0 Å². The van der Waals surface area contributed by atoms with E-state index in [4.69, 9.17) is 5.11 Å². The molecule has 1 aliphatic carbocycles. The maximum Gasteiger partial charge on any atom is 0.315 e.